The van der Waals surface area contributed by atoms with Gasteiger partial charge in [0.1, 0.15) is 0 Å². The zero-order valence-corrected chi connectivity index (χ0v) is 10.1. The normalized spacial score (nSPS) is 14.1. The molecular weight excluding hydrogens is 243 g/mol. The molecule has 1 N–H and O–H groups in total. The van der Waals surface area contributed by atoms with Crippen molar-refractivity contribution in [2.24, 2.45) is 7.05 Å². The molecule has 0 saturated heterocycles. The van der Waals surface area contributed by atoms with Crippen molar-refractivity contribution in [1.29, 1.82) is 0 Å². The Morgan fingerprint density at radius 2 is 2.00 bits per heavy atom. The Balaban J connectivity index is 2.63. The molecule has 2 nitrogen and oxygen atoms in total. The third-order valence-corrected chi connectivity index (χ3v) is 3.15. The van der Waals surface area contributed by atoms with Gasteiger partial charge in [0.25, 0.3) is 0 Å². The van der Waals surface area contributed by atoms with Crippen molar-refractivity contribution in [3.8, 4) is 0 Å². The maximum absolute atomic E-state index is 12.6. The summed E-state index contributed by atoms with van der Waals surface area (Å²) in [6.07, 6.45) is -2.56. The van der Waals surface area contributed by atoms with Crippen LogP contribution in [0.25, 0.3) is 10.9 Å². The zero-order valence-electron chi connectivity index (χ0n) is 10.1. The van der Waals surface area contributed by atoms with Gasteiger partial charge in [-0.1, -0.05) is 13.0 Å². The molecule has 0 aliphatic carbocycles. The molecule has 2 rings (SSSR count). The van der Waals surface area contributed by atoms with E-state index in [9.17, 15) is 13.2 Å². The molecule has 0 aliphatic rings. The van der Waals surface area contributed by atoms with Gasteiger partial charge in [0.05, 0.1) is 5.56 Å². The maximum Gasteiger partial charge on any atom is 0.416 e. The van der Waals surface area contributed by atoms with Gasteiger partial charge < -0.3 is 9.67 Å². The Morgan fingerprint density at radius 1 is 1.33 bits per heavy atom. The summed E-state index contributed by atoms with van der Waals surface area (Å²) in [6.45, 7) is 1.81. The van der Waals surface area contributed by atoms with Crippen LogP contribution in [0, 0.1) is 0 Å². The van der Waals surface area contributed by atoms with Crippen LogP contribution in [-0.4, -0.2) is 16.3 Å². The number of rotatable bonds is 2. The van der Waals surface area contributed by atoms with Gasteiger partial charge in [-0.25, -0.2) is 0 Å². The van der Waals surface area contributed by atoms with Crippen molar-refractivity contribution in [3.05, 3.63) is 35.5 Å². The highest BCUT2D eigenvalue weighted by Crippen LogP contribution is 2.34. The predicted octanol–water partition coefficient (Wildman–Crippen LogP) is 3.29. The molecule has 0 fully saturated rings. The smallest absolute Gasteiger partial charge is 0.396 e. The molecule has 1 aromatic heterocycles. The van der Waals surface area contributed by atoms with E-state index in [4.69, 9.17) is 5.11 Å². The number of benzene rings is 1. The van der Waals surface area contributed by atoms with Gasteiger partial charge in [-0.2, -0.15) is 13.2 Å². The molecule has 1 aromatic carbocycles. The van der Waals surface area contributed by atoms with Crippen LogP contribution in [0.2, 0.25) is 0 Å². The van der Waals surface area contributed by atoms with E-state index in [0.717, 1.165) is 23.1 Å². The van der Waals surface area contributed by atoms with E-state index >= 15 is 0 Å². The Bertz CT molecular complexity index is 571. The lowest BCUT2D eigenvalue weighted by Crippen LogP contribution is -2.04. The fourth-order valence-electron chi connectivity index (χ4n) is 2.08. The van der Waals surface area contributed by atoms with Crippen molar-refractivity contribution in [3.63, 3.8) is 0 Å². The summed E-state index contributed by atoms with van der Waals surface area (Å²) >= 11 is 0. The number of halogens is 3. The molecule has 0 radical (unpaired) electrons. The molecule has 0 bridgehead atoms. The Morgan fingerprint density at radius 3 is 2.56 bits per heavy atom. The number of fused-ring (bicyclic) bond motifs is 1. The second-order valence-corrected chi connectivity index (χ2v) is 4.51. The van der Waals surface area contributed by atoms with Crippen LogP contribution < -0.4 is 0 Å². The van der Waals surface area contributed by atoms with E-state index < -0.39 is 11.7 Å². The molecule has 0 aliphatic heterocycles. The average Bonchev–Trinajstić information content (AvgIpc) is 2.64. The number of aromatic nitrogens is 1. The molecule has 1 unspecified atom stereocenters. The summed E-state index contributed by atoms with van der Waals surface area (Å²) in [5.74, 6) is -0.0922. The van der Waals surface area contributed by atoms with Crippen LogP contribution in [0.5, 0.6) is 0 Å². The van der Waals surface area contributed by atoms with Gasteiger partial charge in [0, 0.05) is 36.7 Å². The zero-order chi connectivity index (χ0) is 13.5. The third-order valence-electron chi connectivity index (χ3n) is 3.15. The molecule has 1 atom stereocenters. The van der Waals surface area contributed by atoms with E-state index in [-0.39, 0.29) is 12.5 Å². The molecule has 18 heavy (non-hydrogen) atoms. The number of hydrogen-bond acceptors (Lipinski definition) is 1. The van der Waals surface area contributed by atoms with Gasteiger partial charge in [0.2, 0.25) is 0 Å². The van der Waals surface area contributed by atoms with Crippen LogP contribution in [0.15, 0.2) is 24.4 Å². The Labute approximate surface area is 103 Å². The Hall–Kier alpha value is -1.49. The van der Waals surface area contributed by atoms with Crippen molar-refractivity contribution in [2.45, 2.75) is 19.0 Å². The van der Waals surface area contributed by atoms with E-state index in [0.29, 0.717) is 5.52 Å². The predicted molar refractivity (Wildman–Crippen MR) is 63.4 cm³/mol. The standard InChI is InChI=1S/C13H14F3NO/c1-8(7-18)11-6-17(2)12-5-9(13(14,15)16)3-4-10(11)12/h3-6,8,18H,7H2,1-2H3. The first kappa shape index (κ1) is 13.0. The molecule has 5 heteroatoms. The van der Waals surface area contributed by atoms with Gasteiger partial charge in [0.15, 0.2) is 0 Å². The van der Waals surface area contributed by atoms with Gasteiger partial charge in [-0.15, -0.1) is 0 Å². The van der Waals surface area contributed by atoms with E-state index in [2.05, 4.69) is 0 Å². The SMILES string of the molecule is CC(CO)c1cn(C)c2cc(C(F)(F)F)ccc12. The quantitative estimate of drug-likeness (QED) is 0.877. The lowest BCUT2D eigenvalue weighted by Gasteiger charge is -2.08. The molecule has 0 saturated carbocycles. The van der Waals surface area contributed by atoms with Crippen molar-refractivity contribution < 1.29 is 18.3 Å². The highest BCUT2D eigenvalue weighted by molar-refractivity contribution is 5.85. The van der Waals surface area contributed by atoms with Crippen molar-refractivity contribution in [1.82, 2.24) is 4.57 Å². The second kappa shape index (κ2) is 4.31. The number of alkyl halides is 3. The molecule has 98 valence electrons. The van der Waals surface area contributed by atoms with Crippen molar-refractivity contribution >= 4 is 10.9 Å². The summed E-state index contributed by atoms with van der Waals surface area (Å²) in [5, 5.41) is 9.91. The second-order valence-electron chi connectivity index (χ2n) is 4.51. The summed E-state index contributed by atoms with van der Waals surface area (Å²) in [5.41, 5.74) is 0.739. The minimum absolute atomic E-state index is 0.0276. The minimum atomic E-state index is -4.33. The molecule has 0 amide bonds. The number of hydrogen-bond donors (Lipinski definition) is 1. The van der Waals surface area contributed by atoms with Crippen LogP contribution in [0.4, 0.5) is 13.2 Å². The van der Waals surface area contributed by atoms with Crippen LogP contribution in [0.3, 0.4) is 0 Å². The molecule has 2 aromatic rings. The summed E-state index contributed by atoms with van der Waals surface area (Å²) in [4.78, 5) is 0. The van der Waals surface area contributed by atoms with E-state index in [1.807, 2.05) is 6.92 Å². The highest BCUT2D eigenvalue weighted by atomic mass is 19.4. The molecule has 0 spiro atoms. The first-order valence-corrected chi connectivity index (χ1v) is 5.61. The van der Waals surface area contributed by atoms with Crippen LogP contribution in [0.1, 0.15) is 24.0 Å². The number of nitrogens with zero attached hydrogens (tertiary/aromatic N) is 1. The largest absolute Gasteiger partial charge is 0.416 e. The number of aliphatic hydroxyl groups excluding tert-OH is 1. The molecular formula is C13H14F3NO. The maximum atomic E-state index is 12.6. The highest BCUT2D eigenvalue weighted by Gasteiger charge is 2.31. The van der Waals surface area contributed by atoms with Gasteiger partial charge in [-0.05, 0) is 17.7 Å². The van der Waals surface area contributed by atoms with Crippen LogP contribution in [-0.2, 0) is 13.2 Å². The third kappa shape index (κ3) is 2.10. The Kier molecular flexibility index (Phi) is 3.11. The fraction of sp³-hybridized carbons (Fsp3) is 0.385. The monoisotopic (exact) mass is 257 g/mol. The topological polar surface area (TPSA) is 25.2 Å². The summed E-state index contributed by atoms with van der Waals surface area (Å²) in [7, 11) is 1.70. The summed E-state index contributed by atoms with van der Waals surface area (Å²) in [6, 6.07) is 3.69. The first-order chi connectivity index (χ1) is 8.34. The number of aliphatic hydroxyl groups is 1. The van der Waals surface area contributed by atoms with Gasteiger partial charge >= 0.3 is 6.18 Å². The number of aryl methyl sites for hydroxylation is 1. The van der Waals surface area contributed by atoms with Crippen molar-refractivity contribution in [2.75, 3.05) is 6.61 Å². The van der Waals surface area contributed by atoms with Crippen LogP contribution >= 0.6 is 0 Å². The van der Waals surface area contributed by atoms with E-state index in [1.165, 1.54) is 6.07 Å². The first-order valence-electron chi connectivity index (χ1n) is 5.61. The minimum Gasteiger partial charge on any atom is -0.396 e. The lowest BCUT2D eigenvalue weighted by molar-refractivity contribution is -0.137. The van der Waals surface area contributed by atoms with E-state index in [1.54, 1.807) is 17.8 Å². The average molecular weight is 257 g/mol. The summed E-state index contributed by atoms with van der Waals surface area (Å²) < 4.78 is 39.5. The lowest BCUT2D eigenvalue weighted by atomic mass is 10.0. The molecule has 1 heterocycles. The van der Waals surface area contributed by atoms with Gasteiger partial charge in [-0.3, -0.25) is 0 Å². The fourth-order valence-corrected chi connectivity index (χ4v) is 2.08.